The molecular weight excluding hydrogens is 270 g/mol. The largest absolute Gasteiger partial charge is 0.447 e. The summed E-state index contributed by atoms with van der Waals surface area (Å²) in [6.07, 6.45) is 0.488. The second kappa shape index (κ2) is 6.54. The molecule has 1 fully saturated rings. The number of aliphatic hydroxyl groups is 1. The second-order valence-electron chi connectivity index (χ2n) is 5.02. The number of carbonyl (C=O) groups is 2. The van der Waals surface area contributed by atoms with Gasteiger partial charge in [0.2, 0.25) is 0 Å². The van der Waals surface area contributed by atoms with E-state index in [2.05, 4.69) is 0 Å². The lowest BCUT2D eigenvalue weighted by atomic mass is 10.0. The van der Waals surface area contributed by atoms with Gasteiger partial charge in [0, 0.05) is 5.57 Å². The van der Waals surface area contributed by atoms with E-state index in [0.717, 1.165) is 10.5 Å². The molecule has 0 bridgehead atoms. The van der Waals surface area contributed by atoms with Crippen LogP contribution in [0.3, 0.4) is 0 Å². The number of allylic oxidation sites excluding steroid dienone is 1. The molecule has 1 aromatic carbocycles. The molecule has 5 heteroatoms. The minimum atomic E-state index is -0.923. The third-order valence-electron chi connectivity index (χ3n) is 3.50. The molecule has 0 aliphatic carbocycles. The van der Waals surface area contributed by atoms with E-state index in [0.29, 0.717) is 6.42 Å². The van der Waals surface area contributed by atoms with Crippen LogP contribution in [0.1, 0.15) is 19.4 Å². The van der Waals surface area contributed by atoms with Gasteiger partial charge in [0.05, 0.1) is 12.1 Å². The Morgan fingerprint density at radius 1 is 1.48 bits per heavy atom. The number of cyclic esters (lactones) is 1. The first-order valence-electron chi connectivity index (χ1n) is 6.93. The lowest BCUT2D eigenvalue weighted by Gasteiger charge is -2.22. The van der Waals surface area contributed by atoms with Crippen molar-refractivity contribution in [1.29, 1.82) is 0 Å². The number of hydrogen-bond acceptors (Lipinski definition) is 4. The van der Waals surface area contributed by atoms with Crippen LogP contribution >= 0.6 is 0 Å². The first-order chi connectivity index (χ1) is 10.0. The van der Waals surface area contributed by atoms with E-state index in [-0.39, 0.29) is 18.2 Å². The highest BCUT2D eigenvalue weighted by Crippen LogP contribution is 2.20. The van der Waals surface area contributed by atoms with Crippen LogP contribution in [0.15, 0.2) is 42.0 Å². The highest BCUT2D eigenvalue weighted by Gasteiger charge is 2.39. The molecule has 1 aliphatic heterocycles. The number of hydrogen-bond donors (Lipinski definition) is 1. The molecule has 2 atom stereocenters. The predicted molar refractivity (Wildman–Crippen MR) is 77.6 cm³/mol. The van der Waals surface area contributed by atoms with Crippen molar-refractivity contribution in [1.82, 2.24) is 4.90 Å². The number of ether oxygens (including phenoxy) is 1. The summed E-state index contributed by atoms with van der Waals surface area (Å²) in [5, 5.41) is 9.64. The zero-order chi connectivity index (χ0) is 15.4. The van der Waals surface area contributed by atoms with Crippen molar-refractivity contribution < 1.29 is 19.4 Å². The summed E-state index contributed by atoms with van der Waals surface area (Å²) in [6.45, 7) is 3.34. The fourth-order valence-electron chi connectivity index (χ4n) is 2.43. The van der Waals surface area contributed by atoms with E-state index in [1.165, 1.54) is 13.0 Å². The lowest BCUT2D eigenvalue weighted by Crippen LogP contribution is -2.42. The van der Waals surface area contributed by atoms with Gasteiger partial charge in [-0.3, -0.25) is 4.79 Å². The van der Waals surface area contributed by atoms with Crippen LogP contribution in [0.4, 0.5) is 4.79 Å². The van der Waals surface area contributed by atoms with E-state index in [1.807, 2.05) is 30.3 Å². The summed E-state index contributed by atoms with van der Waals surface area (Å²) in [5.41, 5.74) is 1.23. The molecule has 21 heavy (non-hydrogen) atoms. The molecule has 0 aromatic heterocycles. The fourth-order valence-corrected chi connectivity index (χ4v) is 2.43. The maximum Gasteiger partial charge on any atom is 0.417 e. The molecule has 2 rings (SSSR count). The van der Waals surface area contributed by atoms with E-state index >= 15 is 0 Å². The summed E-state index contributed by atoms with van der Waals surface area (Å²) in [4.78, 5) is 25.4. The van der Waals surface area contributed by atoms with Gasteiger partial charge in [0.25, 0.3) is 5.91 Å². The van der Waals surface area contributed by atoms with Crippen LogP contribution in [0.5, 0.6) is 0 Å². The molecule has 2 amide bonds. The maximum absolute atomic E-state index is 12.4. The Morgan fingerprint density at radius 3 is 2.71 bits per heavy atom. The second-order valence-corrected chi connectivity index (χ2v) is 5.02. The first kappa shape index (κ1) is 15.3. The zero-order valence-corrected chi connectivity index (χ0v) is 12.2. The van der Waals surface area contributed by atoms with Crippen molar-refractivity contribution in [3.05, 3.63) is 47.5 Å². The van der Waals surface area contributed by atoms with E-state index < -0.39 is 18.1 Å². The molecule has 0 saturated carbocycles. The van der Waals surface area contributed by atoms with Crippen LogP contribution < -0.4 is 0 Å². The third-order valence-corrected chi connectivity index (χ3v) is 3.50. The number of imide groups is 1. The normalized spacial score (nSPS) is 20.3. The average Bonchev–Trinajstić information content (AvgIpc) is 2.81. The molecule has 1 aliphatic rings. The Morgan fingerprint density at radius 2 is 2.14 bits per heavy atom. The number of rotatable bonds is 4. The van der Waals surface area contributed by atoms with Crippen LogP contribution in [-0.4, -0.2) is 40.8 Å². The van der Waals surface area contributed by atoms with Gasteiger partial charge >= 0.3 is 6.09 Å². The van der Waals surface area contributed by atoms with Gasteiger partial charge in [-0.15, -0.1) is 0 Å². The average molecular weight is 289 g/mol. The van der Waals surface area contributed by atoms with Crippen molar-refractivity contribution in [2.75, 3.05) is 6.61 Å². The number of benzene rings is 1. The van der Waals surface area contributed by atoms with Crippen LogP contribution in [0.2, 0.25) is 0 Å². The van der Waals surface area contributed by atoms with Crippen molar-refractivity contribution in [3.8, 4) is 0 Å². The third kappa shape index (κ3) is 3.31. The van der Waals surface area contributed by atoms with E-state index in [1.54, 1.807) is 6.92 Å². The summed E-state index contributed by atoms with van der Waals surface area (Å²) < 4.78 is 5.00. The van der Waals surface area contributed by atoms with Gasteiger partial charge in [-0.05, 0) is 25.8 Å². The van der Waals surface area contributed by atoms with Gasteiger partial charge in [-0.2, -0.15) is 0 Å². The smallest absolute Gasteiger partial charge is 0.417 e. The molecule has 1 aromatic rings. The SMILES string of the molecule is C/C=C(/C(=O)N1C(=O)OCC1Cc1ccccc1)C(C)O. The lowest BCUT2D eigenvalue weighted by molar-refractivity contribution is -0.126. The van der Waals surface area contributed by atoms with E-state index in [4.69, 9.17) is 4.74 Å². The zero-order valence-electron chi connectivity index (χ0n) is 12.2. The Kier molecular flexibility index (Phi) is 4.75. The Bertz CT molecular complexity index is 551. The number of amides is 2. The van der Waals surface area contributed by atoms with Crippen molar-refractivity contribution in [3.63, 3.8) is 0 Å². The van der Waals surface area contributed by atoms with Gasteiger partial charge in [0.1, 0.15) is 6.61 Å². The minimum Gasteiger partial charge on any atom is -0.447 e. The standard InChI is InChI=1S/C16H19NO4/c1-3-14(11(2)18)15(19)17-13(10-21-16(17)20)9-12-7-5-4-6-8-12/h3-8,11,13,18H,9-10H2,1-2H3/b14-3+. The highest BCUT2D eigenvalue weighted by atomic mass is 16.6. The molecule has 0 radical (unpaired) electrons. The number of nitrogens with zero attached hydrogens (tertiary/aromatic N) is 1. The van der Waals surface area contributed by atoms with Gasteiger partial charge < -0.3 is 9.84 Å². The molecule has 2 unspecified atom stereocenters. The molecule has 0 spiro atoms. The van der Waals surface area contributed by atoms with Crippen molar-refractivity contribution >= 4 is 12.0 Å². The fraction of sp³-hybridized carbons (Fsp3) is 0.375. The Balaban J connectivity index is 2.19. The first-order valence-corrected chi connectivity index (χ1v) is 6.93. The molecule has 112 valence electrons. The molecule has 1 heterocycles. The molecular formula is C16H19NO4. The summed E-state index contributed by atoms with van der Waals surface area (Å²) in [5.74, 6) is -0.490. The van der Waals surface area contributed by atoms with Gasteiger partial charge in [0.15, 0.2) is 0 Å². The highest BCUT2D eigenvalue weighted by molar-refractivity contribution is 6.04. The van der Waals surface area contributed by atoms with Crippen LogP contribution in [0, 0.1) is 0 Å². The Labute approximate surface area is 123 Å². The molecule has 1 saturated heterocycles. The minimum absolute atomic E-state index is 0.177. The predicted octanol–water partition coefficient (Wildman–Crippen LogP) is 1.90. The summed E-state index contributed by atoms with van der Waals surface area (Å²) in [6, 6.07) is 9.26. The maximum atomic E-state index is 12.4. The van der Waals surface area contributed by atoms with Crippen LogP contribution in [0.25, 0.3) is 0 Å². The van der Waals surface area contributed by atoms with Gasteiger partial charge in [-0.1, -0.05) is 36.4 Å². The topological polar surface area (TPSA) is 66.8 Å². The van der Waals surface area contributed by atoms with Gasteiger partial charge in [-0.25, -0.2) is 9.69 Å². The monoisotopic (exact) mass is 289 g/mol. The van der Waals surface area contributed by atoms with Crippen molar-refractivity contribution in [2.24, 2.45) is 0 Å². The number of aliphatic hydroxyl groups excluding tert-OH is 1. The van der Waals surface area contributed by atoms with Crippen LogP contribution in [-0.2, 0) is 16.0 Å². The summed E-state index contributed by atoms with van der Waals surface area (Å²) >= 11 is 0. The quantitative estimate of drug-likeness (QED) is 0.860. The Hall–Kier alpha value is -2.14. The van der Waals surface area contributed by atoms with Crippen molar-refractivity contribution in [2.45, 2.75) is 32.4 Å². The van der Waals surface area contributed by atoms with E-state index in [9.17, 15) is 14.7 Å². The summed E-state index contributed by atoms with van der Waals surface area (Å²) in [7, 11) is 0. The molecule has 5 nitrogen and oxygen atoms in total. The number of carbonyl (C=O) groups excluding carboxylic acids is 2. The molecule has 1 N–H and O–H groups in total.